The minimum Gasteiger partial charge on any atom is -0.371 e. The van der Waals surface area contributed by atoms with E-state index in [2.05, 4.69) is 31.1 Å². The summed E-state index contributed by atoms with van der Waals surface area (Å²) in [6.07, 6.45) is 3.82. The van der Waals surface area contributed by atoms with E-state index in [9.17, 15) is 4.39 Å². The Morgan fingerprint density at radius 1 is 1.44 bits per heavy atom. The third kappa shape index (κ3) is 2.66. The predicted molar refractivity (Wildman–Crippen MR) is 74.5 cm³/mol. The Morgan fingerprint density at radius 3 is 2.72 bits per heavy atom. The van der Waals surface area contributed by atoms with E-state index in [0.29, 0.717) is 6.04 Å². The van der Waals surface area contributed by atoms with Gasteiger partial charge in [-0.15, -0.1) is 0 Å². The maximum absolute atomic E-state index is 13.5. The summed E-state index contributed by atoms with van der Waals surface area (Å²) in [6.45, 7) is 5.06. The predicted octanol–water partition coefficient (Wildman–Crippen LogP) is 3.48. The Balaban J connectivity index is 2.27. The van der Waals surface area contributed by atoms with Crippen molar-refractivity contribution in [3.05, 3.63) is 29.6 Å². The molecule has 1 atom stereocenters. The third-order valence-corrected chi connectivity index (χ3v) is 3.97. The van der Waals surface area contributed by atoms with Crippen molar-refractivity contribution >= 4 is 5.69 Å². The summed E-state index contributed by atoms with van der Waals surface area (Å²) in [7, 11) is 2.12. The molecule has 1 N–H and O–H groups in total. The van der Waals surface area contributed by atoms with Gasteiger partial charge in [-0.25, -0.2) is 4.39 Å². The van der Waals surface area contributed by atoms with Crippen molar-refractivity contribution < 1.29 is 4.39 Å². The van der Waals surface area contributed by atoms with Crippen molar-refractivity contribution in [3.8, 4) is 0 Å². The van der Waals surface area contributed by atoms with E-state index < -0.39 is 0 Å². The molecular weight excluding hydrogens is 227 g/mol. The van der Waals surface area contributed by atoms with Gasteiger partial charge in [0.2, 0.25) is 0 Å². The molecule has 3 heteroatoms. The third-order valence-electron chi connectivity index (χ3n) is 3.97. The highest BCUT2D eigenvalue weighted by molar-refractivity contribution is 5.55. The van der Waals surface area contributed by atoms with Gasteiger partial charge in [-0.05, 0) is 56.5 Å². The van der Waals surface area contributed by atoms with E-state index in [0.717, 1.165) is 17.8 Å². The number of nitrogens with one attached hydrogen (secondary N) is 1. The molecule has 1 saturated carbocycles. The van der Waals surface area contributed by atoms with Gasteiger partial charge in [-0.1, -0.05) is 6.92 Å². The molecule has 0 radical (unpaired) electrons. The van der Waals surface area contributed by atoms with Crippen molar-refractivity contribution in [1.29, 1.82) is 0 Å². The molecule has 0 saturated heterocycles. The van der Waals surface area contributed by atoms with E-state index in [-0.39, 0.29) is 11.9 Å². The van der Waals surface area contributed by atoms with Crippen LogP contribution in [0.4, 0.5) is 10.1 Å². The van der Waals surface area contributed by atoms with Crippen LogP contribution in [0.3, 0.4) is 0 Å². The van der Waals surface area contributed by atoms with E-state index >= 15 is 0 Å². The monoisotopic (exact) mass is 250 g/mol. The van der Waals surface area contributed by atoms with Gasteiger partial charge in [0.25, 0.3) is 0 Å². The zero-order chi connectivity index (χ0) is 13.1. The standard InChI is InChI=1S/C15H23FN2/c1-4-17-11(2)14-10-12(16)8-9-15(14)18(3)13-6-5-7-13/h8-11,13,17H,4-7H2,1-3H3. The Hall–Kier alpha value is -1.09. The molecule has 0 amide bonds. The molecular formula is C15H23FN2. The molecule has 1 aliphatic rings. The van der Waals surface area contributed by atoms with Crippen LogP contribution in [-0.4, -0.2) is 19.6 Å². The molecule has 0 aromatic heterocycles. The number of anilines is 1. The van der Waals surface area contributed by atoms with Gasteiger partial charge in [-0.3, -0.25) is 0 Å². The van der Waals surface area contributed by atoms with Crippen LogP contribution in [0.1, 0.15) is 44.7 Å². The van der Waals surface area contributed by atoms with Gasteiger partial charge in [0, 0.05) is 24.8 Å². The van der Waals surface area contributed by atoms with Gasteiger partial charge in [0.15, 0.2) is 0 Å². The fourth-order valence-corrected chi connectivity index (χ4v) is 2.58. The molecule has 100 valence electrons. The van der Waals surface area contributed by atoms with Gasteiger partial charge in [0.1, 0.15) is 5.82 Å². The van der Waals surface area contributed by atoms with Crippen LogP contribution < -0.4 is 10.2 Å². The summed E-state index contributed by atoms with van der Waals surface area (Å²) in [5.74, 6) is -0.152. The summed E-state index contributed by atoms with van der Waals surface area (Å²) in [5, 5.41) is 3.37. The minimum atomic E-state index is -0.152. The first-order chi connectivity index (χ1) is 8.63. The molecule has 1 fully saturated rings. The van der Waals surface area contributed by atoms with Gasteiger partial charge in [0.05, 0.1) is 0 Å². The lowest BCUT2D eigenvalue weighted by molar-refractivity contribution is 0.399. The fourth-order valence-electron chi connectivity index (χ4n) is 2.58. The van der Waals surface area contributed by atoms with Crippen molar-refractivity contribution in [2.45, 2.75) is 45.2 Å². The quantitative estimate of drug-likeness (QED) is 0.860. The fraction of sp³-hybridized carbons (Fsp3) is 0.600. The molecule has 2 rings (SSSR count). The molecule has 0 aliphatic heterocycles. The SMILES string of the molecule is CCNC(C)c1cc(F)ccc1N(C)C1CCC1. The number of hydrogen-bond acceptors (Lipinski definition) is 2. The second-order valence-corrected chi connectivity index (χ2v) is 5.18. The molecule has 0 heterocycles. The maximum atomic E-state index is 13.5. The zero-order valence-electron chi connectivity index (χ0n) is 11.5. The number of rotatable bonds is 5. The lowest BCUT2D eigenvalue weighted by Gasteiger charge is -2.38. The second kappa shape index (κ2) is 5.70. The molecule has 0 bridgehead atoms. The van der Waals surface area contributed by atoms with Crippen LogP contribution in [0, 0.1) is 5.82 Å². The van der Waals surface area contributed by atoms with Crippen molar-refractivity contribution in [3.63, 3.8) is 0 Å². The Bertz CT molecular complexity index is 401. The van der Waals surface area contributed by atoms with Crippen LogP contribution in [0.5, 0.6) is 0 Å². The Morgan fingerprint density at radius 2 is 2.17 bits per heavy atom. The molecule has 1 aromatic carbocycles. The van der Waals surface area contributed by atoms with Crippen molar-refractivity contribution in [1.82, 2.24) is 5.32 Å². The highest BCUT2D eigenvalue weighted by Crippen LogP contribution is 2.33. The van der Waals surface area contributed by atoms with Gasteiger partial charge in [-0.2, -0.15) is 0 Å². The first-order valence-corrected chi connectivity index (χ1v) is 6.89. The van der Waals surface area contributed by atoms with Crippen LogP contribution in [0.25, 0.3) is 0 Å². The average molecular weight is 250 g/mol. The number of nitrogens with zero attached hydrogens (tertiary/aromatic N) is 1. The van der Waals surface area contributed by atoms with Crippen LogP contribution in [0.15, 0.2) is 18.2 Å². The van der Waals surface area contributed by atoms with Gasteiger partial charge < -0.3 is 10.2 Å². The van der Waals surface area contributed by atoms with Crippen molar-refractivity contribution in [2.24, 2.45) is 0 Å². The summed E-state index contributed by atoms with van der Waals surface area (Å²) < 4.78 is 13.5. The second-order valence-electron chi connectivity index (χ2n) is 5.18. The number of halogens is 1. The van der Waals surface area contributed by atoms with E-state index in [1.54, 1.807) is 12.1 Å². The normalized spacial score (nSPS) is 17.3. The van der Waals surface area contributed by atoms with Crippen LogP contribution in [0.2, 0.25) is 0 Å². The lowest BCUT2D eigenvalue weighted by Crippen LogP contribution is -2.38. The van der Waals surface area contributed by atoms with Gasteiger partial charge >= 0.3 is 0 Å². The maximum Gasteiger partial charge on any atom is 0.123 e. The molecule has 2 nitrogen and oxygen atoms in total. The summed E-state index contributed by atoms with van der Waals surface area (Å²) in [5.41, 5.74) is 2.22. The van der Waals surface area contributed by atoms with E-state index in [4.69, 9.17) is 0 Å². The first-order valence-electron chi connectivity index (χ1n) is 6.89. The average Bonchev–Trinajstić information content (AvgIpc) is 2.26. The first kappa shape index (κ1) is 13.3. The molecule has 18 heavy (non-hydrogen) atoms. The van der Waals surface area contributed by atoms with Crippen LogP contribution in [-0.2, 0) is 0 Å². The topological polar surface area (TPSA) is 15.3 Å². The Kier molecular flexibility index (Phi) is 4.23. The summed E-state index contributed by atoms with van der Waals surface area (Å²) in [6, 6.07) is 5.95. The minimum absolute atomic E-state index is 0.152. The van der Waals surface area contributed by atoms with E-state index in [1.807, 2.05) is 6.07 Å². The lowest BCUT2D eigenvalue weighted by atomic mass is 9.90. The molecule has 0 spiro atoms. The summed E-state index contributed by atoms with van der Waals surface area (Å²) >= 11 is 0. The largest absolute Gasteiger partial charge is 0.371 e. The highest BCUT2D eigenvalue weighted by Gasteiger charge is 2.24. The van der Waals surface area contributed by atoms with Crippen LogP contribution >= 0.6 is 0 Å². The molecule has 1 aromatic rings. The number of hydrogen-bond donors (Lipinski definition) is 1. The zero-order valence-corrected chi connectivity index (χ0v) is 11.5. The molecule has 1 aliphatic carbocycles. The Labute approximate surface area is 109 Å². The summed E-state index contributed by atoms with van der Waals surface area (Å²) in [4.78, 5) is 2.31. The highest BCUT2D eigenvalue weighted by atomic mass is 19.1. The number of benzene rings is 1. The smallest absolute Gasteiger partial charge is 0.123 e. The van der Waals surface area contributed by atoms with E-state index in [1.165, 1.54) is 19.3 Å². The van der Waals surface area contributed by atoms with Crippen molar-refractivity contribution in [2.75, 3.05) is 18.5 Å². The molecule has 1 unspecified atom stereocenters.